The van der Waals surface area contributed by atoms with E-state index in [1.165, 1.54) is 6.92 Å². The minimum atomic E-state index is -0.0468. The fourth-order valence-corrected chi connectivity index (χ4v) is 2.03. The largest absolute Gasteiger partial charge is 0.383 e. The number of hydrogen-bond donors (Lipinski definition) is 2. The Balaban J connectivity index is 2.62. The Kier molecular flexibility index (Phi) is 7.15. The average Bonchev–Trinajstić information content (AvgIpc) is 2.37. The van der Waals surface area contributed by atoms with Gasteiger partial charge in [0.05, 0.1) is 6.61 Å². The molecule has 0 aliphatic carbocycles. The number of amides is 1. The molecule has 0 radical (unpaired) electrons. The van der Waals surface area contributed by atoms with Crippen LogP contribution >= 0.6 is 0 Å². The standard InChI is InChI=1S/C15H24N2O2/c1-4-7-14(11-19-3)16-10-13-8-5-6-9-15(13)17-12(2)18/h5-6,8-9,14,16H,4,7,10-11H2,1-3H3,(H,17,18). The Hall–Kier alpha value is -1.39. The number of nitrogens with one attached hydrogen (secondary N) is 2. The van der Waals surface area contributed by atoms with E-state index >= 15 is 0 Å². The highest BCUT2D eigenvalue weighted by Crippen LogP contribution is 2.15. The van der Waals surface area contributed by atoms with Crippen molar-refractivity contribution < 1.29 is 9.53 Å². The van der Waals surface area contributed by atoms with Gasteiger partial charge in [-0.05, 0) is 18.1 Å². The predicted octanol–water partition coefficient (Wildman–Crippen LogP) is 2.55. The average molecular weight is 264 g/mol. The molecular formula is C15H24N2O2. The molecule has 4 heteroatoms. The minimum Gasteiger partial charge on any atom is -0.383 e. The first kappa shape index (κ1) is 15.7. The maximum absolute atomic E-state index is 11.2. The molecule has 1 aromatic carbocycles. The quantitative estimate of drug-likeness (QED) is 0.758. The van der Waals surface area contributed by atoms with Crippen LogP contribution in [0.25, 0.3) is 0 Å². The maximum Gasteiger partial charge on any atom is 0.221 e. The van der Waals surface area contributed by atoms with Gasteiger partial charge in [-0.3, -0.25) is 4.79 Å². The number of carbonyl (C=O) groups is 1. The molecule has 2 N–H and O–H groups in total. The van der Waals surface area contributed by atoms with E-state index < -0.39 is 0 Å². The molecule has 1 amide bonds. The normalized spacial score (nSPS) is 12.2. The zero-order chi connectivity index (χ0) is 14.1. The fourth-order valence-electron chi connectivity index (χ4n) is 2.03. The van der Waals surface area contributed by atoms with Crippen molar-refractivity contribution >= 4 is 11.6 Å². The third-order valence-corrected chi connectivity index (χ3v) is 2.91. The topological polar surface area (TPSA) is 50.4 Å². The lowest BCUT2D eigenvalue weighted by Crippen LogP contribution is -2.32. The summed E-state index contributed by atoms with van der Waals surface area (Å²) < 4.78 is 5.21. The number of rotatable bonds is 8. The van der Waals surface area contributed by atoms with Gasteiger partial charge in [0.15, 0.2) is 0 Å². The maximum atomic E-state index is 11.2. The Morgan fingerprint density at radius 2 is 2.11 bits per heavy atom. The lowest BCUT2D eigenvalue weighted by atomic mass is 10.1. The summed E-state index contributed by atoms with van der Waals surface area (Å²) >= 11 is 0. The molecule has 0 heterocycles. The molecular weight excluding hydrogens is 240 g/mol. The van der Waals surface area contributed by atoms with Crippen LogP contribution in [-0.4, -0.2) is 25.7 Å². The van der Waals surface area contributed by atoms with Gasteiger partial charge in [0, 0.05) is 32.3 Å². The van der Waals surface area contributed by atoms with Gasteiger partial charge in [-0.25, -0.2) is 0 Å². The third kappa shape index (κ3) is 5.85. The number of para-hydroxylation sites is 1. The summed E-state index contributed by atoms with van der Waals surface area (Å²) in [7, 11) is 1.72. The summed E-state index contributed by atoms with van der Waals surface area (Å²) in [5.74, 6) is -0.0468. The lowest BCUT2D eigenvalue weighted by molar-refractivity contribution is -0.114. The van der Waals surface area contributed by atoms with Crippen molar-refractivity contribution in [3.05, 3.63) is 29.8 Å². The van der Waals surface area contributed by atoms with Gasteiger partial charge < -0.3 is 15.4 Å². The molecule has 0 fully saturated rings. The van der Waals surface area contributed by atoms with E-state index in [1.807, 2.05) is 24.3 Å². The SMILES string of the molecule is CCCC(COC)NCc1ccccc1NC(C)=O. The molecule has 0 aliphatic rings. The van der Waals surface area contributed by atoms with E-state index in [2.05, 4.69) is 17.6 Å². The monoisotopic (exact) mass is 264 g/mol. The van der Waals surface area contributed by atoms with Crippen LogP contribution in [0.4, 0.5) is 5.69 Å². The van der Waals surface area contributed by atoms with Crippen LogP contribution in [0, 0.1) is 0 Å². The molecule has 1 atom stereocenters. The van der Waals surface area contributed by atoms with Gasteiger partial charge in [-0.15, -0.1) is 0 Å². The van der Waals surface area contributed by atoms with E-state index in [0.717, 1.165) is 30.6 Å². The van der Waals surface area contributed by atoms with Crippen LogP contribution in [0.2, 0.25) is 0 Å². The highest BCUT2D eigenvalue weighted by Gasteiger charge is 2.08. The van der Waals surface area contributed by atoms with Crippen molar-refractivity contribution in [2.24, 2.45) is 0 Å². The summed E-state index contributed by atoms with van der Waals surface area (Å²) in [6.45, 7) is 5.12. The fraction of sp³-hybridized carbons (Fsp3) is 0.533. The van der Waals surface area contributed by atoms with Crippen molar-refractivity contribution in [2.45, 2.75) is 39.3 Å². The summed E-state index contributed by atoms with van der Waals surface area (Å²) in [4.78, 5) is 11.2. The van der Waals surface area contributed by atoms with Crippen LogP contribution in [0.15, 0.2) is 24.3 Å². The zero-order valence-electron chi connectivity index (χ0n) is 12.0. The second kappa shape index (κ2) is 8.67. The van der Waals surface area contributed by atoms with Crippen LogP contribution in [0.1, 0.15) is 32.3 Å². The van der Waals surface area contributed by atoms with E-state index in [-0.39, 0.29) is 5.91 Å². The van der Waals surface area contributed by atoms with Gasteiger partial charge in [-0.1, -0.05) is 31.5 Å². The molecule has 1 rings (SSSR count). The molecule has 0 spiro atoms. The molecule has 0 saturated carbocycles. The first-order valence-electron chi connectivity index (χ1n) is 6.75. The molecule has 4 nitrogen and oxygen atoms in total. The second-order valence-corrected chi connectivity index (χ2v) is 4.66. The van der Waals surface area contributed by atoms with Crippen molar-refractivity contribution in [2.75, 3.05) is 19.0 Å². The van der Waals surface area contributed by atoms with E-state index in [9.17, 15) is 4.79 Å². The summed E-state index contributed by atoms with van der Waals surface area (Å²) in [6, 6.07) is 8.19. The van der Waals surface area contributed by atoms with Gasteiger partial charge in [0.1, 0.15) is 0 Å². The zero-order valence-corrected chi connectivity index (χ0v) is 12.0. The summed E-state index contributed by atoms with van der Waals surface area (Å²) in [5, 5.41) is 6.33. The van der Waals surface area contributed by atoms with Crippen molar-refractivity contribution in [1.29, 1.82) is 0 Å². The number of methoxy groups -OCH3 is 1. The van der Waals surface area contributed by atoms with Crippen molar-refractivity contribution in [1.82, 2.24) is 5.32 Å². The number of hydrogen-bond acceptors (Lipinski definition) is 3. The van der Waals surface area contributed by atoms with E-state index in [4.69, 9.17) is 4.74 Å². The van der Waals surface area contributed by atoms with Crippen molar-refractivity contribution in [3.63, 3.8) is 0 Å². The van der Waals surface area contributed by atoms with Crippen LogP contribution in [0.3, 0.4) is 0 Å². The smallest absolute Gasteiger partial charge is 0.221 e. The van der Waals surface area contributed by atoms with Gasteiger partial charge in [0.25, 0.3) is 0 Å². The molecule has 0 bridgehead atoms. The number of anilines is 1. The van der Waals surface area contributed by atoms with E-state index in [1.54, 1.807) is 7.11 Å². The minimum absolute atomic E-state index is 0.0468. The van der Waals surface area contributed by atoms with Crippen LogP contribution < -0.4 is 10.6 Å². The predicted molar refractivity (Wildman–Crippen MR) is 78.2 cm³/mol. The molecule has 106 valence electrons. The van der Waals surface area contributed by atoms with Gasteiger partial charge in [0.2, 0.25) is 5.91 Å². The first-order valence-corrected chi connectivity index (χ1v) is 6.75. The Morgan fingerprint density at radius 1 is 1.37 bits per heavy atom. The summed E-state index contributed by atoms with van der Waals surface area (Å²) in [5.41, 5.74) is 1.96. The molecule has 19 heavy (non-hydrogen) atoms. The second-order valence-electron chi connectivity index (χ2n) is 4.66. The first-order chi connectivity index (χ1) is 9.17. The molecule has 0 saturated heterocycles. The molecule has 0 aliphatic heterocycles. The Labute approximate surface area is 115 Å². The van der Waals surface area contributed by atoms with E-state index in [0.29, 0.717) is 12.6 Å². The molecule has 0 aromatic heterocycles. The van der Waals surface area contributed by atoms with Crippen LogP contribution in [0.5, 0.6) is 0 Å². The lowest BCUT2D eigenvalue weighted by Gasteiger charge is -2.18. The highest BCUT2D eigenvalue weighted by atomic mass is 16.5. The van der Waals surface area contributed by atoms with Gasteiger partial charge >= 0.3 is 0 Å². The third-order valence-electron chi connectivity index (χ3n) is 2.91. The number of ether oxygens (including phenoxy) is 1. The summed E-state index contributed by atoms with van der Waals surface area (Å²) in [6.07, 6.45) is 2.20. The number of carbonyl (C=O) groups excluding carboxylic acids is 1. The van der Waals surface area contributed by atoms with Gasteiger partial charge in [-0.2, -0.15) is 0 Å². The Bertz CT molecular complexity index is 387. The molecule has 1 unspecified atom stereocenters. The number of benzene rings is 1. The van der Waals surface area contributed by atoms with Crippen molar-refractivity contribution in [3.8, 4) is 0 Å². The molecule has 1 aromatic rings. The van der Waals surface area contributed by atoms with Crippen LogP contribution in [-0.2, 0) is 16.1 Å². The highest BCUT2D eigenvalue weighted by molar-refractivity contribution is 5.89. The Morgan fingerprint density at radius 3 is 2.74 bits per heavy atom.